The summed E-state index contributed by atoms with van der Waals surface area (Å²) in [5, 5.41) is 30.4. The van der Waals surface area contributed by atoms with Gasteiger partial charge in [-0.25, -0.2) is 14.8 Å². The van der Waals surface area contributed by atoms with Gasteiger partial charge in [0.2, 0.25) is 0 Å². The molecule has 4 N–H and O–H groups in total. The van der Waals surface area contributed by atoms with Crippen molar-refractivity contribution in [1.82, 2.24) is 9.97 Å². The number of carbonyl (C=O) groups excluding carboxylic acids is 1. The van der Waals surface area contributed by atoms with Gasteiger partial charge in [-0.1, -0.05) is 0 Å². The minimum atomic E-state index is -1.39. The zero-order valence-corrected chi connectivity index (χ0v) is 10.8. The van der Waals surface area contributed by atoms with E-state index in [9.17, 15) is 20.1 Å². The fourth-order valence-electron chi connectivity index (χ4n) is 1.34. The second kappa shape index (κ2) is 6.41. The number of carbonyl (C=O) groups is 1. The van der Waals surface area contributed by atoms with Crippen molar-refractivity contribution < 1.29 is 24.9 Å². The third-order valence-corrected chi connectivity index (χ3v) is 2.61. The normalized spacial score (nSPS) is 11.2. The molecule has 1 aromatic rings. The number of aromatic nitrogens is 2. The number of ether oxygens (including phenoxy) is 1. The summed E-state index contributed by atoms with van der Waals surface area (Å²) in [4.78, 5) is 19.5. The summed E-state index contributed by atoms with van der Waals surface area (Å²) in [7, 11) is 1.21. The van der Waals surface area contributed by atoms with Gasteiger partial charge in [0.05, 0.1) is 26.9 Å². The van der Waals surface area contributed by atoms with Crippen molar-refractivity contribution in [2.45, 2.75) is 12.5 Å². The Morgan fingerprint density at radius 3 is 2.42 bits per heavy atom. The smallest absolute Gasteiger partial charge is 0.343 e. The molecule has 0 atom stereocenters. The molecule has 0 amide bonds. The number of hydrogen-bond acceptors (Lipinski definition) is 8. The lowest BCUT2D eigenvalue weighted by molar-refractivity contribution is 0.0597. The Bertz CT molecular complexity index is 440. The highest BCUT2D eigenvalue weighted by atomic mass is 16.5. The van der Waals surface area contributed by atoms with Crippen molar-refractivity contribution in [3.63, 3.8) is 0 Å². The molecule has 1 heterocycles. The van der Waals surface area contributed by atoms with E-state index in [2.05, 4.69) is 20.0 Å². The second-order valence-corrected chi connectivity index (χ2v) is 4.05. The molecule has 19 heavy (non-hydrogen) atoms. The van der Waals surface area contributed by atoms with Crippen molar-refractivity contribution in [3.05, 3.63) is 17.6 Å². The number of aliphatic hydroxyl groups excluding tert-OH is 3. The number of nitrogens with one attached hydrogen (secondary N) is 1. The fraction of sp³-hybridized carbons (Fsp3) is 0.545. The molecule has 8 heteroatoms. The van der Waals surface area contributed by atoms with E-state index < -0.39 is 31.3 Å². The lowest BCUT2D eigenvalue weighted by Crippen LogP contribution is -2.49. The van der Waals surface area contributed by atoms with Gasteiger partial charge in [-0.05, 0) is 6.92 Å². The summed E-state index contributed by atoms with van der Waals surface area (Å²) >= 11 is 0. The number of nitrogens with zero attached hydrogens (tertiary/aromatic N) is 2. The highest BCUT2D eigenvalue weighted by molar-refractivity contribution is 5.94. The van der Waals surface area contributed by atoms with Gasteiger partial charge in [-0.3, -0.25) is 0 Å². The van der Waals surface area contributed by atoms with Crippen LogP contribution in [0.5, 0.6) is 0 Å². The predicted octanol–water partition coefficient (Wildman–Crippen LogP) is -1.30. The molecule has 0 spiro atoms. The van der Waals surface area contributed by atoms with Gasteiger partial charge in [-0.2, -0.15) is 0 Å². The van der Waals surface area contributed by atoms with Crippen LogP contribution in [0.4, 0.5) is 5.82 Å². The number of aliphatic hydroxyl groups is 3. The Kier molecular flexibility index (Phi) is 5.16. The van der Waals surface area contributed by atoms with Crippen molar-refractivity contribution in [3.8, 4) is 0 Å². The summed E-state index contributed by atoms with van der Waals surface area (Å²) in [6, 6.07) is 0. The van der Waals surface area contributed by atoms with E-state index in [0.717, 1.165) is 0 Å². The molecule has 106 valence electrons. The summed E-state index contributed by atoms with van der Waals surface area (Å²) in [6.45, 7) is 0.00173. The Balaban J connectivity index is 3.17. The van der Waals surface area contributed by atoms with Gasteiger partial charge in [0.1, 0.15) is 22.7 Å². The highest BCUT2D eigenvalue weighted by Gasteiger charge is 2.30. The van der Waals surface area contributed by atoms with E-state index in [0.29, 0.717) is 5.82 Å². The van der Waals surface area contributed by atoms with E-state index in [1.807, 2.05) is 0 Å². The molecule has 8 nitrogen and oxygen atoms in total. The molecule has 0 aliphatic carbocycles. The summed E-state index contributed by atoms with van der Waals surface area (Å²) in [5.41, 5.74) is -1.34. The largest absolute Gasteiger partial charge is 0.465 e. The van der Waals surface area contributed by atoms with E-state index in [-0.39, 0.29) is 11.4 Å². The molecule has 1 aromatic heterocycles. The monoisotopic (exact) mass is 271 g/mol. The maximum absolute atomic E-state index is 11.6. The topological polar surface area (TPSA) is 125 Å². The summed E-state index contributed by atoms with van der Waals surface area (Å²) in [6.07, 6.45) is 1.27. The van der Waals surface area contributed by atoms with Crippen LogP contribution in [0.2, 0.25) is 0 Å². The molecule has 0 fully saturated rings. The number of rotatable bonds is 6. The van der Waals surface area contributed by atoms with Crippen LogP contribution in [0.3, 0.4) is 0 Å². The summed E-state index contributed by atoms with van der Waals surface area (Å²) in [5.74, 6) is -0.195. The number of hydrogen-bond donors (Lipinski definition) is 4. The van der Waals surface area contributed by atoms with Crippen LogP contribution >= 0.6 is 0 Å². The van der Waals surface area contributed by atoms with Crippen molar-refractivity contribution in [2.24, 2.45) is 0 Å². The Labute approximate surface area is 110 Å². The van der Waals surface area contributed by atoms with Gasteiger partial charge < -0.3 is 25.4 Å². The lowest BCUT2D eigenvalue weighted by Gasteiger charge is -2.29. The minimum absolute atomic E-state index is 0.0489. The van der Waals surface area contributed by atoms with E-state index in [1.54, 1.807) is 6.92 Å². The predicted molar refractivity (Wildman–Crippen MR) is 65.7 cm³/mol. The average molecular weight is 271 g/mol. The third kappa shape index (κ3) is 3.37. The lowest BCUT2D eigenvalue weighted by atomic mass is 10.0. The van der Waals surface area contributed by atoms with Gasteiger partial charge >= 0.3 is 5.97 Å². The van der Waals surface area contributed by atoms with Gasteiger partial charge in [0, 0.05) is 6.20 Å². The maximum Gasteiger partial charge on any atom is 0.343 e. The van der Waals surface area contributed by atoms with Crippen molar-refractivity contribution >= 4 is 11.8 Å². The quantitative estimate of drug-likeness (QED) is 0.470. The average Bonchev–Trinajstić information content (AvgIpc) is 2.44. The van der Waals surface area contributed by atoms with Crippen LogP contribution < -0.4 is 5.32 Å². The molecule has 1 rings (SSSR count). The Hall–Kier alpha value is -1.77. The van der Waals surface area contributed by atoms with Gasteiger partial charge in [0.25, 0.3) is 0 Å². The molecule has 0 saturated carbocycles. The van der Waals surface area contributed by atoms with Crippen LogP contribution in [0.25, 0.3) is 0 Å². The zero-order valence-electron chi connectivity index (χ0n) is 10.8. The van der Waals surface area contributed by atoms with Gasteiger partial charge in [0.15, 0.2) is 0 Å². The van der Waals surface area contributed by atoms with Gasteiger partial charge in [-0.15, -0.1) is 0 Å². The van der Waals surface area contributed by atoms with Crippen molar-refractivity contribution in [2.75, 3.05) is 32.2 Å². The number of esters is 1. The van der Waals surface area contributed by atoms with Crippen molar-refractivity contribution in [1.29, 1.82) is 0 Å². The first-order chi connectivity index (χ1) is 9.01. The molecule has 0 bridgehead atoms. The van der Waals surface area contributed by atoms with Crippen LogP contribution in [0.1, 0.15) is 16.2 Å². The van der Waals surface area contributed by atoms with E-state index in [4.69, 9.17) is 0 Å². The first-order valence-electron chi connectivity index (χ1n) is 5.54. The Morgan fingerprint density at radius 1 is 1.37 bits per heavy atom. The third-order valence-electron chi connectivity index (χ3n) is 2.61. The first kappa shape index (κ1) is 15.3. The number of anilines is 1. The second-order valence-electron chi connectivity index (χ2n) is 4.05. The van der Waals surface area contributed by atoms with Crippen LogP contribution in [-0.4, -0.2) is 63.7 Å². The SMILES string of the molecule is COC(=O)c1cnc(C)nc1NC(CO)(CO)CO. The highest BCUT2D eigenvalue weighted by Crippen LogP contribution is 2.18. The standard InChI is InChI=1S/C11H17N3O5/c1-7-12-3-8(10(18)19-2)9(13-7)14-11(4-15,5-16)6-17/h3,15-17H,4-6H2,1-2H3,(H,12,13,14). The van der Waals surface area contributed by atoms with E-state index >= 15 is 0 Å². The molecule has 0 aliphatic rings. The molecule has 0 aliphatic heterocycles. The number of aryl methyl sites for hydroxylation is 1. The molecular formula is C11H17N3O5. The molecule has 0 unspecified atom stereocenters. The van der Waals surface area contributed by atoms with E-state index in [1.165, 1.54) is 13.3 Å². The minimum Gasteiger partial charge on any atom is -0.465 e. The maximum atomic E-state index is 11.6. The molecular weight excluding hydrogens is 254 g/mol. The van der Waals surface area contributed by atoms with Crippen LogP contribution in [0, 0.1) is 6.92 Å². The molecule has 0 aromatic carbocycles. The van der Waals surface area contributed by atoms with Crippen LogP contribution in [0.15, 0.2) is 6.20 Å². The number of methoxy groups -OCH3 is 1. The molecule has 0 saturated heterocycles. The Morgan fingerprint density at radius 2 is 1.95 bits per heavy atom. The first-order valence-corrected chi connectivity index (χ1v) is 5.54. The zero-order chi connectivity index (χ0) is 14.5. The summed E-state index contributed by atoms with van der Waals surface area (Å²) < 4.78 is 4.59. The molecule has 0 radical (unpaired) electrons. The van der Waals surface area contributed by atoms with Crippen LogP contribution in [-0.2, 0) is 4.74 Å². The fourth-order valence-corrected chi connectivity index (χ4v) is 1.34.